The predicted molar refractivity (Wildman–Crippen MR) is 198 cm³/mol. The molecule has 0 amide bonds. The minimum absolute atomic E-state index is 0.0361. The van der Waals surface area contributed by atoms with Crippen molar-refractivity contribution in [1.82, 2.24) is 0 Å². The highest BCUT2D eigenvalue weighted by Crippen LogP contribution is 2.43. The fraction of sp³-hybridized carbons (Fsp3) is 0.658. The summed E-state index contributed by atoms with van der Waals surface area (Å²) in [6.45, 7) is 2.60. The number of allylic oxidation sites excluding steroid dienone is 10. The van der Waals surface area contributed by atoms with E-state index in [4.69, 9.17) is 24.8 Å². The van der Waals surface area contributed by atoms with Gasteiger partial charge in [-0.1, -0.05) is 126 Å². The van der Waals surface area contributed by atoms with Crippen LogP contribution in [0, 0.1) is 0 Å². The quantitative estimate of drug-likeness (QED) is 0.0255. The minimum atomic E-state index is -4.72. The Morgan fingerprint density at radius 2 is 1.10 bits per heavy atom. The number of carboxylic acids is 1. The van der Waals surface area contributed by atoms with Crippen LogP contribution in [0.5, 0.6) is 0 Å². The van der Waals surface area contributed by atoms with Crippen LogP contribution in [0.3, 0.4) is 0 Å². The molecule has 0 aromatic rings. The Morgan fingerprint density at radius 1 is 0.620 bits per heavy atom. The SMILES string of the molecule is CCCCC/C=C/C/C=C/C/C=C/C/C=C/C/C=C/CCC(=O)O[C@@H](COC(=O)CCCCCCCCC)COP(=O)(O)OC[C@H](N)C(=O)O. The van der Waals surface area contributed by atoms with Crippen molar-refractivity contribution in [2.45, 2.75) is 142 Å². The predicted octanol–water partition coefficient (Wildman–Crippen LogP) is 8.83. The summed E-state index contributed by atoms with van der Waals surface area (Å²) in [5.41, 5.74) is 5.29. The first-order chi connectivity index (χ1) is 24.1. The molecule has 0 rings (SSSR count). The van der Waals surface area contributed by atoms with Crippen LogP contribution in [0.2, 0.25) is 0 Å². The van der Waals surface area contributed by atoms with Crippen molar-refractivity contribution >= 4 is 25.7 Å². The first-order valence-corrected chi connectivity index (χ1v) is 19.8. The van der Waals surface area contributed by atoms with Crippen LogP contribution in [0.15, 0.2) is 60.8 Å². The number of carbonyl (C=O) groups is 3. The molecular weight excluding hydrogens is 661 g/mol. The third-order valence-corrected chi connectivity index (χ3v) is 8.23. The smallest absolute Gasteiger partial charge is 0.472 e. The van der Waals surface area contributed by atoms with Gasteiger partial charge in [-0.05, 0) is 51.4 Å². The molecule has 12 heteroatoms. The summed E-state index contributed by atoms with van der Waals surface area (Å²) < 4.78 is 32.3. The summed E-state index contributed by atoms with van der Waals surface area (Å²) in [4.78, 5) is 45.5. The number of rotatable bonds is 33. The maximum Gasteiger partial charge on any atom is 0.472 e. The molecule has 0 heterocycles. The fourth-order valence-corrected chi connectivity index (χ4v) is 5.12. The van der Waals surface area contributed by atoms with Gasteiger partial charge in [0.05, 0.1) is 13.2 Å². The second-order valence-electron chi connectivity index (χ2n) is 12.0. The standard InChI is InChI=1S/C38H64NO10P/c1-3-5-7-9-11-12-13-14-15-16-17-18-19-20-21-22-24-26-28-30-37(41)49-34(32-47-50(44,45)48-33-35(39)38(42)43)31-46-36(40)29-27-25-23-10-8-6-4-2/h11-12,14-15,17-18,20-21,24,26,34-35H,3-10,13,16,19,22-23,25,27-33,39H2,1-2H3,(H,42,43)(H,44,45)/b12-11+,15-14+,18-17+,21-20+,26-24+/t34-,35-/m0/s1. The van der Waals surface area contributed by atoms with Crippen molar-refractivity contribution in [2.24, 2.45) is 5.73 Å². The third-order valence-electron chi connectivity index (χ3n) is 7.28. The van der Waals surface area contributed by atoms with Crippen LogP contribution >= 0.6 is 7.82 Å². The summed E-state index contributed by atoms with van der Waals surface area (Å²) in [6, 6.07) is -1.53. The number of carbonyl (C=O) groups excluding carboxylic acids is 2. The van der Waals surface area contributed by atoms with E-state index >= 15 is 0 Å². The Morgan fingerprint density at radius 3 is 1.66 bits per heavy atom. The molecule has 50 heavy (non-hydrogen) atoms. The van der Waals surface area contributed by atoms with E-state index in [9.17, 15) is 23.8 Å². The van der Waals surface area contributed by atoms with Gasteiger partial charge in [0, 0.05) is 12.8 Å². The monoisotopic (exact) mass is 725 g/mol. The molecule has 0 aliphatic heterocycles. The van der Waals surface area contributed by atoms with Gasteiger partial charge in [0.15, 0.2) is 6.10 Å². The zero-order valence-electron chi connectivity index (χ0n) is 30.5. The summed E-state index contributed by atoms with van der Waals surface area (Å²) in [5, 5.41) is 8.83. The van der Waals surface area contributed by atoms with E-state index in [0.29, 0.717) is 12.8 Å². The third kappa shape index (κ3) is 32.4. The van der Waals surface area contributed by atoms with E-state index in [2.05, 4.69) is 60.9 Å². The first kappa shape index (κ1) is 47.2. The van der Waals surface area contributed by atoms with Crippen LogP contribution in [0.1, 0.15) is 129 Å². The van der Waals surface area contributed by atoms with Gasteiger partial charge in [0.2, 0.25) is 0 Å². The number of aliphatic carboxylic acids is 1. The number of ether oxygens (including phenoxy) is 2. The average Bonchev–Trinajstić information content (AvgIpc) is 3.09. The molecule has 0 spiro atoms. The van der Waals surface area contributed by atoms with Crippen molar-refractivity contribution in [1.29, 1.82) is 0 Å². The van der Waals surface area contributed by atoms with E-state index in [-0.39, 0.29) is 19.4 Å². The Balaban J connectivity index is 4.55. The number of phosphoric ester groups is 1. The van der Waals surface area contributed by atoms with Crippen LogP contribution in [0.25, 0.3) is 0 Å². The number of hydrogen-bond acceptors (Lipinski definition) is 9. The van der Waals surface area contributed by atoms with Crippen molar-refractivity contribution in [2.75, 3.05) is 19.8 Å². The molecule has 0 aliphatic carbocycles. The molecule has 286 valence electrons. The van der Waals surface area contributed by atoms with Crippen molar-refractivity contribution in [3.05, 3.63) is 60.8 Å². The fourth-order valence-electron chi connectivity index (χ4n) is 4.34. The molecule has 0 saturated carbocycles. The van der Waals surface area contributed by atoms with Crippen LogP contribution in [-0.4, -0.2) is 59.9 Å². The Hall–Kier alpha value is -2.82. The van der Waals surface area contributed by atoms with E-state index < -0.39 is 51.1 Å². The molecule has 4 N–H and O–H groups in total. The summed E-state index contributed by atoms with van der Waals surface area (Å²) in [5.74, 6) is -2.50. The van der Waals surface area contributed by atoms with Gasteiger partial charge in [-0.25, -0.2) is 4.57 Å². The molecule has 0 aromatic carbocycles. The van der Waals surface area contributed by atoms with Gasteiger partial charge in [-0.3, -0.25) is 23.4 Å². The van der Waals surface area contributed by atoms with Crippen LogP contribution in [-0.2, 0) is 37.5 Å². The lowest BCUT2D eigenvalue weighted by Gasteiger charge is -2.20. The molecule has 0 fully saturated rings. The molecule has 0 aliphatic rings. The molecule has 0 radical (unpaired) electrons. The van der Waals surface area contributed by atoms with E-state index in [1.807, 2.05) is 18.2 Å². The van der Waals surface area contributed by atoms with Gasteiger partial charge in [0.1, 0.15) is 12.6 Å². The van der Waals surface area contributed by atoms with Crippen molar-refractivity contribution < 1.29 is 47.5 Å². The van der Waals surface area contributed by atoms with Crippen LogP contribution in [0.4, 0.5) is 0 Å². The second-order valence-corrected chi connectivity index (χ2v) is 13.5. The Bertz CT molecular complexity index is 1090. The lowest BCUT2D eigenvalue weighted by molar-refractivity contribution is -0.161. The number of esters is 2. The summed E-state index contributed by atoms with van der Waals surface area (Å²) >= 11 is 0. The van der Waals surface area contributed by atoms with E-state index in [1.165, 1.54) is 38.5 Å². The zero-order chi connectivity index (χ0) is 37.1. The highest BCUT2D eigenvalue weighted by atomic mass is 31.2. The van der Waals surface area contributed by atoms with Gasteiger partial charge in [0.25, 0.3) is 0 Å². The van der Waals surface area contributed by atoms with E-state index in [0.717, 1.165) is 51.4 Å². The highest BCUT2D eigenvalue weighted by molar-refractivity contribution is 7.47. The van der Waals surface area contributed by atoms with Gasteiger partial charge in [-0.2, -0.15) is 0 Å². The molecule has 0 bridgehead atoms. The van der Waals surface area contributed by atoms with Crippen molar-refractivity contribution in [3.8, 4) is 0 Å². The second kappa shape index (κ2) is 33.3. The lowest BCUT2D eigenvalue weighted by Crippen LogP contribution is -2.34. The maximum atomic E-state index is 12.5. The maximum absolute atomic E-state index is 12.5. The molecule has 0 saturated heterocycles. The normalized spacial score (nSPS) is 14.6. The first-order valence-electron chi connectivity index (χ1n) is 18.3. The average molecular weight is 726 g/mol. The summed E-state index contributed by atoms with van der Waals surface area (Å²) in [7, 11) is -4.72. The molecule has 3 atom stereocenters. The van der Waals surface area contributed by atoms with Gasteiger partial charge >= 0.3 is 25.7 Å². The number of carboxylic acid groups (broad SMARTS) is 1. The largest absolute Gasteiger partial charge is 0.480 e. The number of hydrogen-bond donors (Lipinski definition) is 3. The molecule has 1 unspecified atom stereocenters. The highest BCUT2D eigenvalue weighted by Gasteiger charge is 2.28. The van der Waals surface area contributed by atoms with Crippen molar-refractivity contribution in [3.63, 3.8) is 0 Å². The zero-order valence-corrected chi connectivity index (χ0v) is 31.4. The number of unbranched alkanes of at least 4 members (excludes halogenated alkanes) is 9. The summed E-state index contributed by atoms with van der Waals surface area (Å²) in [6.07, 6.45) is 36.2. The van der Waals surface area contributed by atoms with E-state index in [1.54, 1.807) is 0 Å². The Kier molecular flexibility index (Phi) is 31.5. The minimum Gasteiger partial charge on any atom is -0.480 e. The lowest BCUT2D eigenvalue weighted by atomic mass is 10.1. The van der Waals surface area contributed by atoms with Gasteiger partial charge in [-0.15, -0.1) is 0 Å². The van der Waals surface area contributed by atoms with Crippen LogP contribution < -0.4 is 5.73 Å². The Labute approximate surface area is 300 Å². The topological polar surface area (TPSA) is 172 Å². The molecular formula is C38H64NO10P. The molecule has 0 aromatic heterocycles. The van der Waals surface area contributed by atoms with Gasteiger partial charge < -0.3 is 25.2 Å². The molecule has 11 nitrogen and oxygen atoms in total. The number of phosphoric acid groups is 1. The number of nitrogens with two attached hydrogens (primary N) is 1.